The van der Waals surface area contributed by atoms with Gasteiger partial charge in [-0.15, -0.1) is 0 Å². The molecule has 0 unspecified atom stereocenters. The molecule has 0 saturated carbocycles. The Balaban J connectivity index is 1.44. The summed E-state index contributed by atoms with van der Waals surface area (Å²) < 4.78 is 0. The Morgan fingerprint density at radius 2 is 2.04 bits per heavy atom. The Labute approximate surface area is 135 Å². The maximum absolute atomic E-state index is 4.52. The van der Waals surface area contributed by atoms with Crippen molar-refractivity contribution >= 4 is 22.5 Å². The molecule has 4 heterocycles. The number of nitrogens with one attached hydrogen (secondary N) is 2. The summed E-state index contributed by atoms with van der Waals surface area (Å²) in [5, 5.41) is 11.5. The molecule has 0 atom stereocenters. The first-order chi connectivity index (χ1) is 11.3. The highest BCUT2D eigenvalue weighted by atomic mass is 15.2. The highest BCUT2D eigenvalue weighted by molar-refractivity contribution is 5.77. The van der Waals surface area contributed by atoms with Crippen molar-refractivity contribution in [1.29, 1.82) is 0 Å². The lowest BCUT2D eigenvalue weighted by atomic mass is 10.2. The zero-order valence-electron chi connectivity index (χ0n) is 13.2. The van der Waals surface area contributed by atoms with Crippen molar-refractivity contribution in [3.05, 3.63) is 41.9 Å². The molecular formula is C17H20N6. The summed E-state index contributed by atoms with van der Waals surface area (Å²) in [6.07, 6.45) is 6.37. The third-order valence-electron chi connectivity index (χ3n) is 4.35. The fraction of sp³-hybridized carbons (Fsp3) is 0.353. The predicted octanol–water partition coefficient (Wildman–Crippen LogP) is 2.87. The van der Waals surface area contributed by atoms with Crippen LogP contribution in [-0.2, 0) is 6.54 Å². The third-order valence-corrected chi connectivity index (χ3v) is 4.35. The molecule has 118 valence electrons. The van der Waals surface area contributed by atoms with E-state index in [1.54, 1.807) is 0 Å². The molecule has 0 radical (unpaired) electrons. The van der Waals surface area contributed by atoms with Crippen LogP contribution >= 0.6 is 0 Å². The molecule has 6 heteroatoms. The van der Waals surface area contributed by atoms with Gasteiger partial charge < -0.3 is 10.2 Å². The summed E-state index contributed by atoms with van der Waals surface area (Å²) >= 11 is 0. The summed E-state index contributed by atoms with van der Waals surface area (Å²) in [6, 6.07) is 6.30. The van der Waals surface area contributed by atoms with E-state index in [1.165, 1.54) is 18.5 Å². The molecule has 1 aliphatic rings. The van der Waals surface area contributed by atoms with Crippen LogP contribution in [0.4, 0.5) is 11.5 Å². The van der Waals surface area contributed by atoms with Crippen LogP contribution in [0.1, 0.15) is 24.1 Å². The SMILES string of the molecule is Cc1[nH]nc2ncc(CNc3ccc(N4CCCC4)cn3)cc12. The summed E-state index contributed by atoms with van der Waals surface area (Å²) in [7, 11) is 0. The van der Waals surface area contributed by atoms with Crippen molar-refractivity contribution in [3.8, 4) is 0 Å². The first-order valence-corrected chi connectivity index (χ1v) is 8.04. The number of aromatic nitrogens is 4. The Morgan fingerprint density at radius 3 is 2.83 bits per heavy atom. The second-order valence-corrected chi connectivity index (χ2v) is 6.01. The summed E-state index contributed by atoms with van der Waals surface area (Å²) in [6.45, 7) is 4.99. The van der Waals surface area contributed by atoms with Gasteiger partial charge in [-0.05, 0) is 43.5 Å². The molecule has 23 heavy (non-hydrogen) atoms. The zero-order chi connectivity index (χ0) is 15.6. The van der Waals surface area contributed by atoms with Gasteiger partial charge in [0.15, 0.2) is 5.65 Å². The highest BCUT2D eigenvalue weighted by Gasteiger charge is 2.12. The molecule has 0 aromatic carbocycles. The molecule has 0 amide bonds. The van der Waals surface area contributed by atoms with E-state index in [1.807, 2.05) is 25.4 Å². The standard InChI is InChI=1S/C17H20N6/c1-12-15-8-13(10-20-17(15)22-21-12)9-18-16-5-4-14(11-19-16)23-6-2-3-7-23/h4-5,8,10-11H,2-3,6-7,9H2,1H3,(H,18,19)(H,20,21,22). The molecular weight excluding hydrogens is 288 g/mol. The topological polar surface area (TPSA) is 69.7 Å². The zero-order valence-corrected chi connectivity index (χ0v) is 13.2. The van der Waals surface area contributed by atoms with E-state index in [4.69, 9.17) is 0 Å². The molecule has 2 N–H and O–H groups in total. The lowest BCUT2D eigenvalue weighted by molar-refractivity contribution is 0.949. The van der Waals surface area contributed by atoms with Crippen LogP contribution in [0.15, 0.2) is 30.6 Å². The maximum Gasteiger partial charge on any atom is 0.181 e. The Hall–Kier alpha value is -2.63. The largest absolute Gasteiger partial charge is 0.370 e. The van der Waals surface area contributed by atoms with E-state index >= 15 is 0 Å². The van der Waals surface area contributed by atoms with Gasteiger partial charge in [0, 0.05) is 36.9 Å². The van der Waals surface area contributed by atoms with Crippen LogP contribution in [0.5, 0.6) is 0 Å². The van der Waals surface area contributed by atoms with E-state index in [0.29, 0.717) is 6.54 Å². The van der Waals surface area contributed by atoms with E-state index < -0.39 is 0 Å². The average molecular weight is 308 g/mol. The van der Waals surface area contributed by atoms with Gasteiger partial charge in [-0.1, -0.05) is 0 Å². The van der Waals surface area contributed by atoms with Crippen molar-refractivity contribution in [1.82, 2.24) is 20.2 Å². The lowest BCUT2D eigenvalue weighted by Gasteiger charge is -2.17. The van der Waals surface area contributed by atoms with Crippen molar-refractivity contribution < 1.29 is 0 Å². The van der Waals surface area contributed by atoms with Crippen LogP contribution in [-0.4, -0.2) is 33.3 Å². The number of nitrogens with zero attached hydrogens (tertiary/aromatic N) is 4. The smallest absolute Gasteiger partial charge is 0.181 e. The fourth-order valence-corrected chi connectivity index (χ4v) is 3.01. The minimum Gasteiger partial charge on any atom is -0.370 e. The van der Waals surface area contributed by atoms with Gasteiger partial charge in [-0.3, -0.25) is 5.10 Å². The minimum atomic E-state index is 0.698. The quantitative estimate of drug-likeness (QED) is 0.775. The molecule has 0 bridgehead atoms. The Bertz CT molecular complexity index is 802. The third kappa shape index (κ3) is 2.84. The van der Waals surface area contributed by atoms with Crippen LogP contribution in [0.25, 0.3) is 11.0 Å². The average Bonchev–Trinajstić information content (AvgIpc) is 3.24. The van der Waals surface area contributed by atoms with Crippen molar-refractivity contribution in [2.45, 2.75) is 26.3 Å². The summed E-state index contributed by atoms with van der Waals surface area (Å²) in [5.41, 5.74) is 4.14. The second-order valence-electron chi connectivity index (χ2n) is 6.01. The second kappa shape index (κ2) is 5.87. The van der Waals surface area contributed by atoms with Gasteiger partial charge in [0.1, 0.15) is 5.82 Å². The molecule has 0 aliphatic carbocycles. The first kappa shape index (κ1) is 14.0. The molecule has 0 spiro atoms. The first-order valence-electron chi connectivity index (χ1n) is 8.04. The van der Waals surface area contributed by atoms with Gasteiger partial charge >= 0.3 is 0 Å². The Morgan fingerprint density at radius 1 is 1.17 bits per heavy atom. The number of hydrogen-bond donors (Lipinski definition) is 2. The van der Waals surface area contributed by atoms with E-state index in [0.717, 1.165) is 41.2 Å². The van der Waals surface area contributed by atoms with Gasteiger partial charge in [0.2, 0.25) is 0 Å². The van der Waals surface area contributed by atoms with Crippen LogP contribution in [0, 0.1) is 6.92 Å². The van der Waals surface area contributed by atoms with E-state index in [9.17, 15) is 0 Å². The van der Waals surface area contributed by atoms with Crippen molar-refractivity contribution in [2.24, 2.45) is 0 Å². The molecule has 1 fully saturated rings. The monoisotopic (exact) mass is 308 g/mol. The minimum absolute atomic E-state index is 0.698. The number of anilines is 2. The molecule has 1 saturated heterocycles. The van der Waals surface area contributed by atoms with Crippen molar-refractivity contribution in [2.75, 3.05) is 23.3 Å². The maximum atomic E-state index is 4.52. The predicted molar refractivity (Wildman–Crippen MR) is 91.6 cm³/mol. The van der Waals surface area contributed by atoms with E-state index in [2.05, 4.69) is 42.5 Å². The number of fused-ring (bicyclic) bond motifs is 1. The molecule has 1 aliphatic heterocycles. The molecule has 6 nitrogen and oxygen atoms in total. The van der Waals surface area contributed by atoms with Gasteiger partial charge in [-0.2, -0.15) is 5.10 Å². The van der Waals surface area contributed by atoms with Crippen molar-refractivity contribution in [3.63, 3.8) is 0 Å². The van der Waals surface area contributed by atoms with Crippen LogP contribution in [0.3, 0.4) is 0 Å². The number of rotatable bonds is 4. The molecule has 4 rings (SSSR count). The van der Waals surface area contributed by atoms with Crippen LogP contribution < -0.4 is 10.2 Å². The molecule has 3 aromatic heterocycles. The number of hydrogen-bond acceptors (Lipinski definition) is 5. The van der Waals surface area contributed by atoms with Gasteiger partial charge in [0.25, 0.3) is 0 Å². The molecule has 3 aromatic rings. The summed E-state index contributed by atoms with van der Waals surface area (Å²) in [4.78, 5) is 11.3. The fourth-order valence-electron chi connectivity index (χ4n) is 3.01. The number of H-pyrrole nitrogens is 1. The number of pyridine rings is 2. The highest BCUT2D eigenvalue weighted by Crippen LogP contribution is 2.20. The normalized spacial score (nSPS) is 14.6. The van der Waals surface area contributed by atoms with Crippen LogP contribution in [0.2, 0.25) is 0 Å². The van der Waals surface area contributed by atoms with Gasteiger partial charge in [-0.25, -0.2) is 9.97 Å². The van der Waals surface area contributed by atoms with E-state index in [-0.39, 0.29) is 0 Å². The van der Waals surface area contributed by atoms with Gasteiger partial charge in [0.05, 0.1) is 11.9 Å². The lowest BCUT2D eigenvalue weighted by Crippen LogP contribution is -2.17. The number of aromatic amines is 1. The Kier molecular flexibility index (Phi) is 3.57. The number of aryl methyl sites for hydroxylation is 1. The summed E-state index contributed by atoms with van der Waals surface area (Å²) in [5.74, 6) is 0.886.